The normalized spacial score (nSPS) is 23.9. The molecule has 1 heterocycles. The molecule has 2 rings (SSSR count). The zero-order chi connectivity index (χ0) is 9.64. The Morgan fingerprint density at radius 3 is 2.64 bits per heavy atom. The molecule has 14 heavy (non-hydrogen) atoms. The average Bonchev–Trinajstić information content (AvgIpc) is 2.18. The fourth-order valence-electron chi connectivity index (χ4n) is 2.24. The van der Waals surface area contributed by atoms with E-state index in [1.807, 2.05) is 0 Å². The number of rotatable bonds is 1. The van der Waals surface area contributed by atoms with Crippen LogP contribution in [-0.2, 0) is 0 Å². The lowest BCUT2D eigenvalue weighted by Crippen LogP contribution is -2.21. The van der Waals surface area contributed by atoms with E-state index in [0.717, 1.165) is 5.92 Å². The molecule has 1 fully saturated rings. The van der Waals surface area contributed by atoms with E-state index >= 15 is 0 Å². The minimum absolute atomic E-state index is 0.781. The molecule has 76 valence electrons. The summed E-state index contributed by atoms with van der Waals surface area (Å²) in [7, 11) is 0. The largest absolute Gasteiger partial charge is 0.317 e. The number of nitrogens with one attached hydrogen (secondary N) is 1. The average molecular weight is 189 g/mol. The van der Waals surface area contributed by atoms with Crippen molar-refractivity contribution in [3.05, 3.63) is 35.9 Å². The standard InChI is InChI=1S/C13H19N/c1-2-6-12(7-3-1)13-8-4-5-10-14-11-9-13/h1-3,6-7,13-14H,4-5,8-11H2. The Labute approximate surface area is 86.5 Å². The Kier molecular flexibility index (Phi) is 3.58. The SMILES string of the molecule is c1ccc(C2CCCCNCC2)cc1. The molecule has 0 saturated carbocycles. The summed E-state index contributed by atoms with van der Waals surface area (Å²) in [6.07, 6.45) is 5.37. The van der Waals surface area contributed by atoms with Crippen molar-refractivity contribution in [1.29, 1.82) is 0 Å². The molecule has 1 heteroatoms. The molecular weight excluding hydrogens is 170 g/mol. The molecule has 1 aliphatic heterocycles. The van der Waals surface area contributed by atoms with Crippen LogP contribution in [0.4, 0.5) is 0 Å². The van der Waals surface area contributed by atoms with Crippen LogP contribution in [0.5, 0.6) is 0 Å². The van der Waals surface area contributed by atoms with Crippen molar-refractivity contribution in [2.45, 2.75) is 31.6 Å². The van der Waals surface area contributed by atoms with Gasteiger partial charge in [-0.05, 0) is 43.8 Å². The van der Waals surface area contributed by atoms with Gasteiger partial charge in [0.2, 0.25) is 0 Å². The molecule has 1 aromatic rings. The van der Waals surface area contributed by atoms with E-state index in [0.29, 0.717) is 0 Å². The minimum Gasteiger partial charge on any atom is -0.317 e. The maximum atomic E-state index is 3.49. The van der Waals surface area contributed by atoms with Crippen molar-refractivity contribution >= 4 is 0 Å². The first-order valence-corrected chi connectivity index (χ1v) is 5.72. The summed E-state index contributed by atoms with van der Waals surface area (Å²) in [5.41, 5.74) is 1.52. The van der Waals surface area contributed by atoms with Gasteiger partial charge in [0.15, 0.2) is 0 Å². The lowest BCUT2D eigenvalue weighted by Gasteiger charge is -2.20. The van der Waals surface area contributed by atoms with E-state index in [9.17, 15) is 0 Å². The summed E-state index contributed by atoms with van der Waals surface area (Å²) in [5.74, 6) is 0.781. The minimum atomic E-state index is 0.781. The highest BCUT2D eigenvalue weighted by Gasteiger charge is 2.12. The third-order valence-corrected chi connectivity index (χ3v) is 3.10. The molecule has 0 bridgehead atoms. The summed E-state index contributed by atoms with van der Waals surface area (Å²) in [4.78, 5) is 0. The molecule has 1 saturated heterocycles. The van der Waals surface area contributed by atoms with Gasteiger partial charge in [-0.1, -0.05) is 36.8 Å². The summed E-state index contributed by atoms with van der Waals surface area (Å²) in [6, 6.07) is 11.0. The van der Waals surface area contributed by atoms with E-state index < -0.39 is 0 Å². The third kappa shape index (κ3) is 2.58. The zero-order valence-corrected chi connectivity index (χ0v) is 8.71. The predicted octanol–water partition coefficient (Wildman–Crippen LogP) is 2.93. The molecule has 0 aliphatic carbocycles. The van der Waals surface area contributed by atoms with Crippen LogP contribution in [0.1, 0.15) is 37.2 Å². The van der Waals surface area contributed by atoms with Crippen LogP contribution in [0, 0.1) is 0 Å². The summed E-state index contributed by atoms with van der Waals surface area (Å²) >= 11 is 0. The first-order valence-electron chi connectivity index (χ1n) is 5.72. The van der Waals surface area contributed by atoms with Crippen LogP contribution < -0.4 is 5.32 Å². The van der Waals surface area contributed by atoms with Crippen molar-refractivity contribution in [2.24, 2.45) is 0 Å². The van der Waals surface area contributed by atoms with Gasteiger partial charge in [0.05, 0.1) is 0 Å². The van der Waals surface area contributed by atoms with E-state index in [1.54, 1.807) is 0 Å². The van der Waals surface area contributed by atoms with Crippen molar-refractivity contribution in [3.8, 4) is 0 Å². The van der Waals surface area contributed by atoms with E-state index in [1.165, 1.54) is 44.3 Å². The highest BCUT2D eigenvalue weighted by atomic mass is 14.8. The van der Waals surface area contributed by atoms with E-state index in [-0.39, 0.29) is 0 Å². The van der Waals surface area contributed by atoms with Crippen LogP contribution in [0.25, 0.3) is 0 Å². The topological polar surface area (TPSA) is 12.0 Å². The van der Waals surface area contributed by atoms with Gasteiger partial charge in [-0.3, -0.25) is 0 Å². The second-order valence-electron chi connectivity index (χ2n) is 4.14. The van der Waals surface area contributed by atoms with Crippen molar-refractivity contribution in [1.82, 2.24) is 5.32 Å². The van der Waals surface area contributed by atoms with Crippen molar-refractivity contribution in [2.75, 3.05) is 13.1 Å². The quantitative estimate of drug-likeness (QED) is 0.716. The highest BCUT2D eigenvalue weighted by Crippen LogP contribution is 2.25. The molecule has 0 amide bonds. The Balaban J connectivity index is 2.01. The van der Waals surface area contributed by atoms with Crippen molar-refractivity contribution < 1.29 is 0 Å². The Bertz CT molecular complexity index is 247. The van der Waals surface area contributed by atoms with Crippen LogP contribution >= 0.6 is 0 Å². The van der Waals surface area contributed by atoms with Crippen LogP contribution in [0.15, 0.2) is 30.3 Å². The number of hydrogen-bond acceptors (Lipinski definition) is 1. The van der Waals surface area contributed by atoms with Crippen LogP contribution in [-0.4, -0.2) is 13.1 Å². The van der Waals surface area contributed by atoms with Gasteiger partial charge in [-0.15, -0.1) is 0 Å². The molecule has 1 aliphatic rings. The summed E-state index contributed by atoms with van der Waals surface area (Å²) in [5, 5.41) is 3.49. The second-order valence-corrected chi connectivity index (χ2v) is 4.14. The molecule has 1 nitrogen and oxygen atoms in total. The van der Waals surface area contributed by atoms with Gasteiger partial charge in [-0.2, -0.15) is 0 Å². The van der Waals surface area contributed by atoms with Gasteiger partial charge in [0, 0.05) is 0 Å². The first-order chi connectivity index (χ1) is 6.97. The lowest BCUT2D eigenvalue weighted by atomic mass is 9.90. The van der Waals surface area contributed by atoms with Crippen LogP contribution in [0.2, 0.25) is 0 Å². The van der Waals surface area contributed by atoms with E-state index in [4.69, 9.17) is 0 Å². The summed E-state index contributed by atoms with van der Waals surface area (Å²) < 4.78 is 0. The zero-order valence-electron chi connectivity index (χ0n) is 8.71. The lowest BCUT2D eigenvalue weighted by molar-refractivity contribution is 0.467. The Morgan fingerprint density at radius 1 is 0.929 bits per heavy atom. The van der Waals surface area contributed by atoms with E-state index in [2.05, 4.69) is 35.6 Å². The monoisotopic (exact) mass is 189 g/mol. The fraction of sp³-hybridized carbons (Fsp3) is 0.538. The maximum Gasteiger partial charge on any atom is -0.00431 e. The van der Waals surface area contributed by atoms with Gasteiger partial charge in [-0.25, -0.2) is 0 Å². The Morgan fingerprint density at radius 2 is 1.79 bits per heavy atom. The third-order valence-electron chi connectivity index (χ3n) is 3.10. The smallest absolute Gasteiger partial charge is 0.00431 e. The molecular formula is C13H19N. The van der Waals surface area contributed by atoms with Gasteiger partial charge >= 0.3 is 0 Å². The molecule has 1 unspecified atom stereocenters. The van der Waals surface area contributed by atoms with Gasteiger partial charge < -0.3 is 5.32 Å². The van der Waals surface area contributed by atoms with Crippen LogP contribution in [0.3, 0.4) is 0 Å². The van der Waals surface area contributed by atoms with Crippen molar-refractivity contribution in [3.63, 3.8) is 0 Å². The summed E-state index contributed by atoms with van der Waals surface area (Å²) in [6.45, 7) is 2.39. The van der Waals surface area contributed by atoms with Gasteiger partial charge in [0.1, 0.15) is 0 Å². The molecule has 0 radical (unpaired) electrons. The number of benzene rings is 1. The highest BCUT2D eigenvalue weighted by molar-refractivity contribution is 5.19. The second kappa shape index (κ2) is 5.16. The Hall–Kier alpha value is -0.820. The molecule has 0 spiro atoms. The fourth-order valence-corrected chi connectivity index (χ4v) is 2.24. The van der Waals surface area contributed by atoms with Gasteiger partial charge in [0.25, 0.3) is 0 Å². The number of hydrogen-bond donors (Lipinski definition) is 1. The molecule has 1 aromatic carbocycles. The predicted molar refractivity (Wildman–Crippen MR) is 60.5 cm³/mol. The molecule has 0 aromatic heterocycles. The first kappa shape index (κ1) is 9.72. The maximum absolute atomic E-state index is 3.49. The molecule has 1 atom stereocenters. The molecule has 1 N–H and O–H groups in total.